The third-order valence-electron chi connectivity index (χ3n) is 3.40. The minimum Gasteiger partial charge on any atom is -0.494 e. The number of imidazole rings is 1. The maximum atomic E-state index is 6.19. The fourth-order valence-electron chi connectivity index (χ4n) is 2.27. The van der Waals surface area contributed by atoms with Gasteiger partial charge in [0.25, 0.3) is 0 Å². The van der Waals surface area contributed by atoms with Crippen molar-refractivity contribution >= 4 is 23.2 Å². The predicted octanol–water partition coefficient (Wildman–Crippen LogP) is 5.23. The molecular formula is C17H22Cl2N2O2. The average Bonchev–Trinajstić information content (AvgIpc) is 3.02. The first-order valence-electron chi connectivity index (χ1n) is 7.91. The van der Waals surface area contributed by atoms with Crippen LogP contribution in [-0.4, -0.2) is 22.8 Å². The van der Waals surface area contributed by atoms with E-state index in [1.54, 1.807) is 18.3 Å². The highest BCUT2D eigenvalue weighted by atomic mass is 35.5. The Morgan fingerprint density at radius 2 is 1.78 bits per heavy atom. The van der Waals surface area contributed by atoms with Gasteiger partial charge in [0.2, 0.25) is 0 Å². The maximum Gasteiger partial charge on any atom is 0.156 e. The van der Waals surface area contributed by atoms with Crippen LogP contribution in [0.5, 0.6) is 11.5 Å². The smallest absolute Gasteiger partial charge is 0.156 e. The van der Waals surface area contributed by atoms with Crippen LogP contribution >= 0.6 is 23.2 Å². The first kappa shape index (κ1) is 18.0. The molecule has 0 aliphatic rings. The summed E-state index contributed by atoms with van der Waals surface area (Å²) >= 11 is 12.4. The summed E-state index contributed by atoms with van der Waals surface area (Å²) in [6.45, 7) is 4.11. The molecule has 0 unspecified atom stereocenters. The van der Waals surface area contributed by atoms with E-state index in [-0.39, 0.29) is 0 Å². The van der Waals surface area contributed by atoms with E-state index in [0.29, 0.717) is 34.8 Å². The highest BCUT2D eigenvalue weighted by molar-refractivity contribution is 6.37. The predicted molar refractivity (Wildman–Crippen MR) is 93.8 cm³/mol. The third-order valence-corrected chi connectivity index (χ3v) is 3.96. The molecule has 126 valence electrons. The number of unbranched alkanes of at least 4 members (excludes halogenated alkanes) is 3. The number of aromatic nitrogens is 2. The zero-order valence-corrected chi connectivity index (χ0v) is 14.8. The zero-order chi connectivity index (χ0) is 16.5. The normalized spacial score (nSPS) is 10.7. The van der Waals surface area contributed by atoms with Gasteiger partial charge >= 0.3 is 0 Å². The first-order valence-corrected chi connectivity index (χ1v) is 8.66. The minimum absolute atomic E-state index is 0.487. The van der Waals surface area contributed by atoms with Gasteiger partial charge in [0.1, 0.15) is 5.75 Å². The van der Waals surface area contributed by atoms with E-state index in [9.17, 15) is 0 Å². The quantitative estimate of drug-likeness (QED) is 0.547. The summed E-state index contributed by atoms with van der Waals surface area (Å²) in [6.07, 6.45) is 10.0. The van der Waals surface area contributed by atoms with Crippen molar-refractivity contribution in [1.29, 1.82) is 0 Å². The number of aryl methyl sites for hydroxylation is 1. The molecule has 1 heterocycles. The topological polar surface area (TPSA) is 36.3 Å². The molecule has 23 heavy (non-hydrogen) atoms. The van der Waals surface area contributed by atoms with Gasteiger partial charge in [0, 0.05) is 31.1 Å². The highest BCUT2D eigenvalue weighted by Gasteiger charge is 2.10. The summed E-state index contributed by atoms with van der Waals surface area (Å²) in [5.74, 6) is 1.20. The van der Waals surface area contributed by atoms with Gasteiger partial charge in [-0.05, 0) is 19.8 Å². The zero-order valence-electron chi connectivity index (χ0n) is 13.3. The van der Waals surface area contributed by atoms with Gasteiger partial charge in [-0.25, -0.2) is 4.98 Å². The van der Waals surface area contributed by atoms with Gasteiger partial charge in [0.05, 0.1) is 29.6 Å². The van der Waals surface area contributed by atoms with Crippen molar-refractivity contribution in [3.8, 4) is 11.5 Å². The summed E-state index contributed by atoms with van der Waals surface area (Å²) in [5, 5.41) is 0.974. The van der Waals surface area contributed by atoms with Crippen LogP contribution < -0.4 is 9.47 Å². The molecule has 0 aliphatic heterocycles. The summed E-state index contributed by atoms with van der Waals surface area (Å²) < 4.78 is 13.2. The standard InChI is InChI=1S/C17H22Cl2N2O2/c1-2-22-14-11-15(18)17(16(19)12-14)23-10-6-4-3-5-8-21-9-7-20-13-21/h7,9,11-13H,2-6,8,10H2,1H3. The Morgan fingerprint density at radius 1 is 1.04 bits per heavy atom. The van der Waals surface area contributed by atoms with Gasteiger partial charge in [-0.15, -0.1) is 0 Å². The fourth-order valence-corrected chi connectivity index (χ4v) is 2.84. The summed E-state index contributed by atoms with van der Waals surface area (Å²) in [5.41, 5.74) is 0. The van der Waals surface area contributed by atoms with E-state index in [1.807, 2.05) is 19.4 Å². The Bertz CT molecular complexity index is 565. The highest BCUT2D eigenvalue weighted by Crippen LogP contribution is 2.37. The van der Waals surface area contributed by atoms with Gasteiger partial charge in [-0.3, -0.25) is 0 Å². The first-order chi connectivity index (χ1) is 11.2. The molecule has 0 bridgehead atoms. The molecule has 0 fully saturated rings. The van der Waals surface area contributed by atoms with Crippen LogP contribution in [0.3, 0.4) is 0 Å². The van der Waals surface area contributed by atoms with Crippen molar-refractivity contribution in [1.82, 2.24) is 9.55 Å². The second kappa shape index (κ2) is 9.68. The van der Waals surface area contributed by atoms with Crippen LogP contribution in [-0.2, 0) is 6.54 Å². The Kier molecular flexibility index (Phi) is 7.56. The lowest BCUT2D eigenvalue weighted by molar-refractivity contribution is 0.302. The van der Waals surface area contributed by atoms with Gasteiger partial charge in [0.15, 0.2) is 5.75 Å². The molecule has 0 spiro atoms. The molecule has 1 aromatic heterocycles. The number of nitrogens with zero attached hydrogens (tertiary/aromatic N) is 2. The van der Waals surface area contributed by atoms with Crippen molar-refractivity contribution in [2.75, 3.05) is 13.2 Å². The van der Waals surface area contributed by atoms with Gasteiger partial charge in [-0.2, -0.15) is 0 Å². The van der Waals surface area contributed by atoms with Crippen molar-refractivity contribution in [3.63, 3.8) is 0 Å². The average molecular weight is 357 g/mol. The fraction of sp³-hybridized carbons (Fsp3) is 0.471. The molecule has 0 radical (unpaired) electrons. The minimum atomic E-state index is 0.487. The van der Waals surface area contributed by atoms with E-state index >= 15 is 0 Å². The molecule has 6 heteroatoms. The lowest BCUT2D eigenvalue weighted by Crippen LogP contribution is -2.00. The van der Waals surface area contributed by atoms with Crippen LogP contribution in [0.4, 0.5) is 0 Å². The number of benzene rings is 1. The summed E-state index contributed by atoms with van der Waals surface area (Å²) in [7, 11) is 0. The SMILES string of the molecule is CCOc1cc(Cl)c(OCCCCCCn2ccnc2)c(Cl)c1. The molecule has 1 aromatic carbocycles. The van der Waals surface area contributed by atoms with E-state index in [1.165, 1.54) is 0 Å². The second-order valence-corrected chi connectivity index (χ2v) is 6.03. The van der Waals surface area contributed by atoms with Crippen LogP contribution in [0, 0.1) is 0 Å². The Labute approximate surface area is 147 Å². The molecular weight excluding hydrogens is 335 g/mol. The lowest BCUT2D eigenvalue weighted by atomic mass is 10.2. The third kappa shape index (κ3) is 5.96. The largest absolute Gasteiger partial charge is 0.494 e. The van der Waals surface area contributed by atoms with Crippen LogP contribution in [0.25, 0.3) is 0 Å². The molecule has 2 aromatic rings. The Hall–Kier alpha value is -1.39. The van der Waals surface area contributed by atoms with Crippen molar-refractivity contribution in [3.05, 3.63) is 40.9 Å². The number of hydrogen-bond acceptors (Lipinski definition) is 3. The maximum absolute atomic E-state index is 6.19. The molecule has 0 saturated carbocycles. The van der Waals surface area contributed by atoms with E-state index in [2.05, 4.69) is 9.55 Å². The number of halogens is 2. The van der Waals surface area contributed by atoms with Crippen LogP contribution in [0.1, 0.15) is 32.6 Å². The molecule has 2 rings (SSSR count). The molecule has 0 N–H and O–H groups in total. The number of ether oxygens (including phenoxy) is 2. The van der Waals surface area contributed by atoms with Crippen molar-refractivity contribution in [2.45, 2.75) is 39.2 Å². The molecule has 0 amide bonds. The van der Waals surface area contributed by atoms with Gasteiger partial charge < -0.3 is 14.0 Å². The molecule has 0 aliphatic carbocycles. The lowest BCUT2D eigenvalue weighted by Gasteiger charge is -2.12. The van der Waals surface area contributed by atoms with Gasteiger partial charge in [-0.1, -0.05) is 36.0 Å². The molecule has 4 nitrogen and oxygen atoms in total. The molecule has 0 atom stereocenters. The van der Waals surface area contributed by atoms with Crippen molar-refractivity contribution < 1.29 is 9.47 Å². The van der Waals surface area contributed by atoms with Crippen molar-refractivity contribution in [2.24, 2.45) is 0 Å². The van der Waals surface area contributed by atoms with Crippen LogP contribution in [0.2, 0.25) is 10.0 Å². The monoisotopic (exact) mass is 356 g/mol. The number of rotatable bonds is 10. The Morgan fingerprint density at radius 3 is 2.43 bits per heavy atom. The number of hydrogen-bond donors (Lipinski definition) is 0. The molecule has 0 saturated heterocycles. The summed E-state index contributed by atoms with van der Waals surface area (Å²) in [6, 6.07) is 3.47. The van der Waals surface area contributed by atoms with E-state index in [4.69, 9.17) is 32.7 Å². The van der Waals surface area contributed by atoms with E-state index in [0.717, 1.165) is 32.2 Å². The summed E-state index contributed by atoms with van der Waals surface area (Å²) in [4.78, 5) is 4.03. The van der Waals surface area contributed by atoms with E-state index < -0.39 is 0 Å². The second-order valence-electron chi connectivity index (χ2n) is 5.21. The Balaban J connectivity index is 1.66. The van der Waals surface area contributed by atoms with Crippen LogP contribution in [0.15, 0.2) is 30.9 Å².